The molecule has 0 aliphatic heterocycles. The van der Waals surface area contributed by atoms with Crippen LogP contribution in [0.25, 0.3) is 33.6 Å². The zero-order chi connectivity index (χ0) is 26.2. The van der Waals surface area contributed by atoms with Gasteiger partial charge in [-0.05, 0) is 75.6 Å². The number of rotatable bonds is 6. The molecule has 36 heavy (non-hydrogen) atoms. The van der Waals surface area contributed by atoms with E-state index in [1.165, 1.54) is 0 Å². The van der Waals surface area contributed by atoms with Crippen molar-refractivity contribution in [1.82, 2.24) is 14.8 Å². The number of carboxylic acid groups (broad SMARTS) is 1. The topological polar surface area (TPSA) is 77.2 Å². The quantitative estimate of drug-likeness (QED) is 0.305. The monoisotopic (exact) mass is 503 g/mol. The summed E-state index contributed by atoms with van der Waals surface area (Å²) in [5, 5.41) is 15.1. The van der Waals surface area contributed by atoms with Crippen LogP contribution in [-0.4, -0.2) is 31.4 Å². The van der Waals surface area contributed by atoms with Gasteiger partial charge in [0.2, 0.25) is 0 Å². The normalized spacial score (nSPS) is 12.5. The average Bonchev–Trinajstić information content (AvgIpc) is 3.24. The highest BCUT2D eigenvalue weighted by molar-refractivity contribution is 6.30. The SMILES string of the molecule is Cc1nc(-c2cccc(-c3ccnn3C)c2)c(C)c(-c2ccc(Cl)cc2)c1[C@H](OC(C)(C)C)C(=O)O. The minimum Gasteiger partial charge on any atom is -0.479 e. The Morgan fingerprint density at radius 3 is 2.28 bits per heavy atom. The number of hydrogen-bond donors (Lipinski definition) is 1. The minimum absolute atomic E-state index is 0.545. The van der Waals surface area contributed by atoms with E-state index < -0.39 is 17.7 Å². The molecule has 0 amide bonds. The Labute approximate surface area is 216 Å². The van der Waals surface area contributed by atoms with Crippen molar-refractivity contribution in [3.63, 3.8) is 0 Å². The van der Waals surface area contributed by atoms with Crippen molar-refractivity contribution in [2.75, 3.05) is 0 Å². The van der Waals surface area contributed by atoms with Gasteiger partial charge in [0.05, 0.1) is 17.0 Å². The number of hydrogen-bond acceptors (Lipinski definition) is 4. The van der Waals surface area contributed by atoms with E-state index >= 15 is 0 Å². The summed E-state index contributed by atoms with van der Waals surface area (Å²) < 4.78 is 7.89. The lowest BCUT2D eigenvalue weighted by molar-refractivity contribution is -0.160. The first-order valence-electron chi connectivity index (χ1n) is 11.7. The molecule has 7 heteroatoms. The van der Waals surface area contributed by atoms with Crippen LogP contribution in [0.1, 0.15) is 43.7 Å². The van der Waals surface area contributed by atoms with Crippen molar-refractivity contribution in [2.24, 2.45) is 7.05 Å². The molecule has 4 rings (SSSR count). The number of ether oxygens (including phenoxy) is 1. The van der Waals surface area contributed by atoms with Crippen LogP contribution in [0.15, 0.2) is 60.8 Å². The Morgan fingerprint density at radius 1 is 1.03 bits per heavy atom. The van der Waals surface area contributed by atoms with Gasteiger partial charge in [-0.3, -0.25) is 9.67 Å². The maximum Gasteiger partial charge on any atom is 0.337 e. The summed E-state index contributed by atoms with van der Waals surface area (Å²) in [6, 6.07) is 17.5. The van der Waals surface area contributed by atoms with Gasteiger partial charge in [0.25, 0.3) is 0 Å². The van der Waals surface area contributed by atoms with Crippen LogP contribution >= 0.6 is 11.6 Å². The number of pyridine rings is 1. The standard InChI is InChI=1S/C29H30ClN3O3/c1-17-24(19-10-12-22(30)13-11-19)25(27(28(34)35)36-29(3,4)5)18(2)32-26(17)21-9-7-8-20(16-21)23-14-15-31-33(23)6/h7-16,27H,1-6H3,(H,34,35)/t27-/m0/s1. The van der Waals surface area contributed by atoms with E-state index in [9.17, 15) is 9.90 Å². The molecule has 2 heterocycles. The first-order chi connectivity index (χ1) is 17.0. The third-order valence-electron chi connectivity index (χ3n) is 6.01. The molecule has 4 aromatic rings. The zero-order valence-electron chi connectivity index (χ0n) is 21.3. The van der Waals surface area contributed by atoms with E-state index in [0.29, 0.717) is 16.3 Å². The van der Waals surface area contributed by atoms with Crippen molar-refractivity contribution < 1.29 is 14.6 Å². The smallest absolute Gasteiger partial charge is 0.337 e. The lowest BCUT2D eigenvalue weighted by Gasteiger charge is -2.29. The second-order valence-electron chi connectivity index (χ2n) is 9.84. The van der Waals surface area contributed by atoms with E-state index in [1.54, 1.807) is 18.3 Å². The summed E-state index contributed by atoms with van der Waals surface area (Å²) in [5.74, 6) is -1.06. The van der Waals surface area contributed by atoms with Gasteiger partial charge in [-0.25, -0.2) is 4.79 Å². The molecule has 0 aliphatic rings. The Kier molecular flexibility index (Phi) is 7.03. The summed E-state index contributed by atoms with van der Waals surface area (Å²) in [6.07, 6.45) is 0.585. The summed E-state index contributed by atoms with van der Waals surface area (Å²) in [4.78, 5) is 17.4. The second kappa shape index (κ2) is 9.88. The summed E-state index contributed by atoms with van der Waals surface area (Å²) in [5.41, 5.74) is 6.70. The van der Waals surface area contributed by atoms with Gasteiger partial charge in [0, 0.05) is 40.7 Å². The molecule has 0 aliphatic carbocycles. The molecule has 0 saturated carbocycles. The van der Waals surface area contributed by atoms with E-state index in [2.05, 4.69) is 11.2 Å². The van der Waals surface area contributed by atoms with Gasteiger partial charge in [0.1, 0.15) is 0 Å². The number of aliphatic carboxylic acids is 1. The predicted octanol–water partition coefficient (Wildman–Crippen LogP) is 7.03. The number of nitrogens with zero attached hydrogens (tertiary/aromatic N) is 3. The first kappa shape index (κ1) is 25.6. The molecule has 0 unspecified atom stereocenters. The van der Waals surface area contributed by atoms with Crippen molar-refractivity contribution in [3.05, 3.63) is 82.6 Å². The molecule has 1 atom stereocenters. The van der Waals surface area contributed by atoms with Crippen molar-refractivity contribution in [2.45, 2.75) is 46.3 Å². The van der Waals surface area contributed by atoms with Crippen LogP contribution in [0.4, 0.5) is 0 Å². The van der Waals surface area contributed by atoms with Crippen LogP contribution in [0, 0.1) is 13.8 Å². The van der Waals surface area contributed by atoms with Crippen molar-refractivity contribution >= 4 is 17.6 Å². The van der Waals surface area contributed by atoms with Crippen LogP contribution in [0.3, 0.4) is 0 Å². The van der Waals surface area contributed by atoms with Gasteiger partial charge >= 0.3 is 5.97 Å². The van der Waals surface area contributed by atoms with Crippen LogP contribution in [-0.2, 0) is 16.6 Å². The van der Waals surface area contributed by atoms with Gasteiger partial charge in [-0.15, -0.1) is 0 Å². The summed E-state index contributed by atoms with van der Waals surface area (Å²) in [7, 11) is 1.91. The van der Waals surface area contributed by atoms with Crippen molar-refractivity contribution in [1.29, 1.82) is 0 Å². The highest BCUT2D eigenvalue weighted by Gasteiger charge is 2.32. The maximum absolute atomic E-state index is 12.5. The predicted molar refractivity (Wildman–Crippen MR) is 143 cm³/mol. The molecule has 1 N–H and O–H groups in total. The first-order valence-corrected chi connectivity index (χ1v) is 12.1. The maximum atomic E-state index is 12.5. The summed E-state index contributed by atoms with van der Waals surface area (Å²) in [6.45, 7) is 9.35. The van der Waals surface area contributed by atoms with E-state index in [0.717, 1.165) is 39.2 Å². The molecule has 2 aromatic carbocycles. The lowest BCUT2D eigenvalue weighted by Crippen LogP contribution is -2.28. The number of carbonyl (C=O) groups is 1. The van der Waals surface area contributed by atoms with E-state index in [1.807, 2.05) is 82.7 Å². The van der Waals surface area contributed by atoms with Crippen molar-refractivity contribution in [3.8, 4) is 33.6 Å². The number of benzene rings is 2. The minimum atomic E-state index is -1.18. The Balaban J connectivity index is 1.98. The van der Waals surface area contributed by atoms with E-state index in [-0.39, 0.29) is 0 Å². The Hall–Kier alpha value is -3.48. The zero-order valence-corrected chi connectivity index (χ0v) is 22.1. The molecular formula is C29H30ClN3O3. The average molecular weight is 504 g/mol. The fourth-order valence-electron chi connectivity index (χ4n) is 4.47. The molecule has 0 bridgehead atoms. The van der Waals surface area contributed by atoms with Crippen LogP contribution in [0.2, 0.25) is 5.02 Å². The van der Waals surface area contributed by atoms with Crippen LogP contribution in [0.5, 0.6) is 0 Å². The van der Waals surface area contributed by atoms with E-state index in [4.69, 9.17) is 21.3 Å². The third-order valence-corrected chi connectivity index (χ3v) is 6.26. The van der Waals surface area contributed by atoms with Crippen LogP contribution < -0.4 is 0 Å². The van der Waals surface area contributed by atoms with Gasteiger partial charge in [-0.1, -0.05) is 41.9 Å². The Bertz CT molecular complexity index is 1420. The fourth-order valence-corrected chi connectivity index (χ4v) is 4.60. The molecule has 186 valence electrons. The number of halogens is 1. The molecule has 6 nitrogen and oxygen atoms in total. The number of carboxylic acids is 1. The fraction of sp³-hybridized carbons (Fsp3) is 0.276. The highest BCUT2D eigenvalue weighted by Crippen LogP contribution is 2.41. The molecule has 2 aromatic heterocycles. The molecule has 0 spiro atoms. The highest BCUT2D eigenvalue weighted by atomic mass is 35.5. The Morgan fingerprint density at radius 2 is 1.69 bits per heavy atom. The molecule has 0 saturated heterocycles. The second-order valence-corrected chi connectivity index (χ2v) is 10.3. The van der Waals surface area contributed by atoms with Gasteiger partial charge in [0.15, 0.2) is 6.10 Å². The summed E-state index contributed by atoms with van der Waals surface area (Å²) >= 11 is 6.18. The van der Waals surface area contributed by atoms with Gasteiger partial charge in [-0.2, -0.15) is 5.10 Å². The third kappa shape index (κ3) is 5.20. The largest absolute Gasteiger partial charge is 0.479 e. The number of aryl methyl sites for hydroxylation is 2. The lowest BCUT2D eigenvalue weighted by atomic mass is 9.88. The molecule has 0 radical (unpaired) electrons. The molecular weight excluding hydrogens is 474 g/mol. The number of aromatic nitrogens is 3. The molecule has 0 fully saturated rings. The van der Waals surface area contributed by atoms with Gasteiger partial charge < -0.3 is 9.84 Å².